The van der Waals surface area contributed by atoms with Crippen LogP contribution in [0.2, 0.25) is 0 Å². The summed E-state index contributed by atoms with van der Waals surface area (Å²) in [6, 6.07) is 0. The quantitative estimate of drug-likeness (QED) is 0.715. The maximum atomic E-state index is 9.32. The molecule has 0 radical (unpaired) electrons. The molecule has 2 fully saturated rings. The van der Waals surface area contributed by atoms with Gasteiger partial charge >= 0.3 is 0 Å². The Kier molecular flexibility index (Phi) is 3.18. The van der Waals surface area contributed by atoms with Crippen molar-refractivity contribution in [2.24, 2.45) is 28.6 Å². The molecule has 1 nitrogen and oxygen atoms in total. The molecular formula is C16H28O. The van der Waals surface area contributed by atoms with Crippen molar-refractivity contribution in [1.29, 1.82) is 0 Å². The van der Waals surface area contributed by atoms with Crippen molar-refractivity contribution in [2.75, 3.05) is 6.61 Å². The maximum Gasteiger partial charge on any atom is 0.0462 e. The van der Waals surface area contributed by atoms with Crippen molar-refractivity contribution >= 4 is 0 Å². The van der Waals surface area contributed by atoms with Gasteiger partial charge in [0.2, 0.25) is 0 Å². The van der Waals surface area contributed by atoms with Crippen LogP contribution in [0.5, 0.6) is 0 Å². The summed E-state index contributed by atoms with van der Waals surface area (Å²) in [4.78, 5) is 0. The molecule has 0 heterocycles. The van der Waals surface area contributed by atoms with Crippen LogP contribution < -0.4 is 0 Å². The van der Waals surface area contributed by atoms with Crippen LogP contribution in [0.1, 0.15) is 53.4 Å². The monoisotopic (exact) mass is 236 g/mol. The highest BCUT2D eigenvalue weighted by molar-refractivity contribution is 5.23. The third-order valence-corrected chi connectivity index (χ3v) is 6.15. The number of hydrogen-bond donors (Lipinski definition) is 1. The first-order valence-electron chi connectivity index (χ1n) is 7.15. The molecule has 98 valence electrons. The van der Waals surface area contributed by atoms with Crippen LogP contribution in [0, 0.1) is 28.6 Å². The van der Waals surface area contributed by atoms with Crippen LogP contribution in [0.25, 0.3) is 0 Å². The van der Waals surface area contributed by atoms with E-state index in [0.717, 1.165) is 18.8 Å². The first kappa shape index (κ1) is 13.1. The fraction of sp³-hybridized carbons (Fsp3) is 0.875. The van der Waals surface area contributed by atoms with E-state index in [-0.39, 0.29) is 0 Å². The number of aliphatic hydroxyl groups is 1. The van der Waals surface area contributed by atoms with Crippen molar-refractivity contribution in [3.8, 4) is 0 Å². The fourth-order valence-electron chi connectivity index (χ4n) is 4.09. The standard InChI is InChI=1S/C16H28O/c1-6-12(10-17)7-11(2)14-8-13-9-16(13,5)15(14,3)4/h12-14,17H,2,6-10H2,1,3-5H3/t12?,13-,14-,16-/m1/s1. The van der Waals surface area contributed by atoms with E-state index in [1.165, 1.54) is 18.4 Å². The predicted molar refractivity (Wildman–Crippen MR) is 72.7 cm³/mol. The van der Waals surface area contributed by atoms with E-state index in [1.807, 2.05) is 0 Å². The molecule has 0 amide bonds. The summed E-state index contributed by atoms with van der Waals surface area (Å²) in [6.45, 7) is 14.1. The minimum atomic E-state index is 0.309. The van der Waals surface area contributed by atoms with Crippen LogP contribution in [0.3, 0.4) is 0 Å². The molecule has 2 aliphatic carbocycles. The van der Waals surface area contributed by atoms with Gasteiger partial charge in [-0.1, -0.05) is 46.3 Å². The first-order valence-corrected chi connectivity index (χ1v) is 7.15. The summed E-state index contributed by atoms with van der Waals surface area (Å²) in [7, 11) is 0. The average molecular weight is 236 g/mol. The Morgan fingerprint density at radius 1 is 1.41 bits per heavy atom. The Morgan fingerprint density at radius 2 is 2.06 bits per heavy atom. The van der Waals surface area contributed by atoms with Gasteiger partial charge in [0.1, 0.15) is 0 Å². The van der Waals surface area contributed by atoms with Crippen LogP contribution in [0.4, 0.5) is 0 Å². The van der Waals surface area contributed by atoms with Crippen molar-refractivity contribution < 1.29 is 5.11 Å². The van der Waals surface area contributed by atoms with E-state index in [0.29, 0.717) is 29.3 Å². The van der Waals surface area contributed by atoms with Crippen LogP contribution >= 0.6 is 0 Å². The molecule has 0 aliphatic heterocycles. The van der Waals surface area contributed by atoms with E-state index >= 15 is 0 Å². The Bertz CT molecular complexity index is 313. The molecule has 4 atom stereocenters. The van der Waals surface area contributed by atoms with E-state index < -0.39 is 0 Å². The zero-order valence-electron chi connectivity index (χ0n) is 11.9. The summed E-state index contributed by atoms with van der Waals surface area (Å²) >= 11 is 0. The van der Waals surface area contributed by atoms with E-state index in [9.17, 15) is 5.11 Å². The third kappa shape index (κ3) is 1.87. The molecule has 0 bridgehead atoms. The molecule has 1 N–H and O–H groups in total. The summed E-state index contributed by atoms with van der Waals surface area (Å²) in [5.74, 6) is 2.03. The minimum absolute atomic E-state index is 0.309. The van der Waals surface area contributed by atoms with Crippen LogP contribution in [-0.4, -0.2) is 11.7 Å². The Balaban J connectivity index is 2.02. The zero-order valence-corrected chi connectivity index (χ0v) is 11.9. The summed E-state index contributed by atoms with van der Waals surface area (Å²) in [5.41, 5.74) is 2.37. The normalized spacial score (nSPS) is 39.8. The lowest BCUT2D eigenvalue weighted by atomic mass is 9.68. The Labute approximate surface area is 106 Å². The van der Waals surface area contributed by atoms with Crippen LogP contribution in [-0.2, 0) is 0 Å². The van der Waals surface area contributed by atoms with Gasteiger partial charge in [-0.15, -0.1) is 0 Å². The van der Waals surface area contributed by atoms with Crippen LogP contribution in [0.15, 0.2) is 12.2 Å². The highest BCUT2D eigenvalue weighted by Gasteiger charge is 2.67. The second-order valence-electron chi connectivity index (χ2n) is 7.15. The van der Waals surface area contributed by atoms with Gasteiger partial charge in [-0.05, 0) is 47.8 Å². The number of aliphatic hydroxyl groups excluding tert-OH is 1. The smallest absolute Gasteiger partial charge is 0.0462 e. The lowest BCUT2D eigenvalue weighted by Gasteiger charge is -2.37. The summed E-state index contributed by atoms with van der Waals surface area (Å²) < 4.78 is 0. The average Bonchev–Trinajstić information content (AvgIpc) is 2.90. The number of allylic oxidation sites excluding steroid dienone is 1. The van der Waals surface area contributed by atoms with E-state index in [2.05, 4.69) is 34.3 Å². The van der Waals surface area contributed by atoms with Gasteiger partial charge in [-0.2, -0.15) is 0 Å². The van der Waals surface area contributed by atoms with Gasteiger partial charge < -0.3 is 5.11 Å². The van der Waals surface area contributed by atoms with Gasteiger partial charge in [0, 0.05) is 6.61 Å². The minimum Gasteiger partial charge on any atom is -0.396 e. The number of rotatable bonds is 5. The lowest BCUT2D eigenvalue weighted by Crippen LogP contribution is -2.29. The highest BCUT2D eigenvalue weighted by atomic mass is 16.3. The van der Waals surface area contributed by atoms with Gasteiger partial charge in [-0.25, -0.2) is 0 Å². The van der Waals surface area contributed by atoms with E-state index in [1.54, 1.807) is 0 Å². The predicted octanol–water partition coefficient (Wildman–Crippen LogP) is 4.02. The molecule has 0 spiro atoms. The number of fused-ring (bicyclic) bond motifs is 1. The molecule has 2 aliphatic rings. The molecule has 1 heteroatoms. The molecule has 0 aromatic heterocycles. The van der Waals surface area contributed by atoms with Crippen molar-refractivity contribution in [3.63, 3.8) is 0 Å². The molecule has 17 heavy (non-hydrogen) atoms. The Morgan fingerprint density at radius 3 is 2.47 bits per heavy atom. The van der Waals surface area contributed by atoms with Gasteiger partial charge in [-0.3, -0.25) is 0 Å². The first-order chi connectivity index (χ1) is 7.86. The summed E-state index contributed by atoms with van der Waals surface area (Å²) in [6.07, 6.45) is 4.83. The second-order valence-corrected chi connectivity index (χ2v) is 7.15. The Hall–Kier alpha value is -0.300. The molecule has 2 rings (SSSR count). The topological polar surface area (TPSA) is 20.2 Å². The molecule has 0 aromatic carbocycles. The van der Waals surface area contributed by atoms with Crippen molar-refractivity contribution in [2.45, 2.75) is 53.4 Å². The SMILES string of the molecule is C=C(CC(CC)CO)[C@H]1C[C@@H]2C[C@@]2(C)C1(C)C. The summed E-state index contributed by atoms with van der Waals surface area (Å²) in [5, 5.41) is 9.32. The molecule has 0 aromatic rings. The largest absolute Gasteiger partial charge is 0.396 e. The third-order valence-electron chi connectivity index (χ3n) is 6.15. The van der Waals surface area contributed by atoms with Gasteiger partial charge in [0.25, 0.3) is 0 Å². The maximum absolute atomic E-state index is 9.32. The molecule has 1 unspecified atom stereocenters. The lowest BCUT2D eigenvalue weighted by molar-refractivity contribution is 0.161. The van der Waals surface area contributed by atoms with Gasteiger partial charge in [0.15, 0.2) is 0 Å². The molecule has 0 saturated heterocycles. The van der Waals surface area contributed by atoms with Crippen molar-refractivity contribution in [1.82, 2.24) is 0 Å². The highest BCUT2D eigenvalue weighted by Crippen LogP contribution is 2.75. The molecule has 2 saturated carbocycles. The number of hydrogen-bond acceptors (Lipinski definition) is 1. The van der Waals surface area contributed by atoms with Crippen molar-refractivity contribution in [3.05, 3.63) is 12.2 Å². The van der Waals surface area contributed by atoms with Gasteiger partial charge in [0.05, 0.1) is 0 Å². The zero-order chi connectivity index (χ0) is 12.8. The second kappa shape index (κ2) is 4.12. The molecular weight excluding hydrogens is 208 g/mol. The van der Waals surface area contributed by atoms with E-state index in [4.69, 9.17) is 0 Å². The fourth-order valence-corrected chi connectivity index (χ4v) is 4.09.